The van der Waals surface area contributed by atoms with Crippen molar-refractivity contribution >= 4 is 34.8 Å². The van der Waals surface area contributed by atoms with Crippen LogP contribution in [0.15, 0.2) is 40.7 Å². The van der Waals surface area contributed by atoms with Crippen LogP contribution in [0.4, 0.5) is 0 Å². The number of rotatable bonds is 5. The van der Waals surface area contributed by atoms with Crippen molar-refractivity contribution in [2.75, 3.05) is 26.7 Å². The summed E-state index contributed by atoms with van der Waals surface area (Å²) in [6.07, 6.45) is 1.74. The third-order valence-corrected chi connectivity index (χ3v) is 5.83. The summed E-state index contributed by atoms with van der Waals surface area (Å²) in [6, 6.07) is 9.91. The molecule has 0 fully saturated rings. The smallest absolute Gasteiger partial charge is 0.242 e. The van der Waals surface area contributed by atoms with Gasteiger partial charge in [-0.25, -0.2) is 0 Å². The Kier molecular flexibility index (Phi) is 6.52. The molecule has 0 aliphatic carbocycles. The van der Waals surface area contributed by atoms with Crippen molar-refractivity contribution in [1.82, 2.24) is 15.5 Å². The summed E-state index contributed by atoms with van der Waals surface area (Å²) >= 11 is 7.94. The van der Waals surface area contributed by atoms with E-state index >= 15 is 0 Å². The first kappa shape index (κ1) is 18.7. The van der Waals surface area contributed by atoms with Gasteiger partial charge in [0.1, 0.15) is 0 Å². The van der Waals surface area contributed by atoms with Crippen LogP contribution in [-0.4, -0.2) is 43.4 Å². The van der Waals surface area contributed by atoms with Crippen LogP contribution in [0.1, 0.15) is 16.0 Å². The van der Waals surface area contributed by atoms with Crippen molar-refractivity contribution in [3.63, 3.8) is 0 Å². The lowest BCUT2D eigenvalue weighted by Gasteiger charge is -2.27. The predicted molar refractivity (Wildman–Crippen MR) is 108 cm³/mol. The largest absolute Gasteiger partial charge is 0.356 e. The van der Waals surface area contributed by atoms with Crippen molar-refractivity contribution < 1.29 is 4.79 Å². The molecule has 1 aromatic carbocycles. The lowest BCUT2D eigenvalue weighted by Crippen LogP contribution is -2.46. The van der Waals surface area contributed by atoms with Gasteiger partial charge in [0.25, 0.3) is 0 Å². The molecule has 0 radical (unpaired) electrons. The highest BCUT2D eigenvalue weighted by Gasteiger charge is 2.21. The molecule has 5 nitrogen and oxygen atoms in total. The normalized spacial score (nSPS) is 14.1. The zero-order chi connectivity index (χ0) is 18.4. The average molecular weight is 391 g/mol. The summed E-state index contributed by atoms with van der Waals surface area (Å²) < 4.78 is 0. The number of aliphatic imine (C=N–C) groups is 1. The first-order valence-electron chi connectivity index (χ1n) is 8.68. The number of nitrogens with one attached hydrogen (secondary N) is 2. The zero-order valence-corrected chi connectivity index (χ0v) is 16.4. The van der Waals surface area contributed by atoms with Crippen LogP contribution in [0.2, 0.25) is 5.02 Å². The maximum absolute atomic E-state index is 12.5. The quantitative estimate of drug-likeness (QED) is 0.609. The average Bonchev–Trinajstić information content (AvgIpc) is 3.13. The molecule has 1 aliphatic heterocycles. The maximum Gasteiger partial charge on any atom is 0.242 e. The molecule has 0 atom stereocenters. The molecule has 2 aromatic rings. The van der Waals surface area contributed by atoms with Crippen molar-refractivity contribution in [3.8, 4) is 0 Å². The van der Waals surface area contributed by atoms with Gasteiger partial charge < -0.3 is 15.5 Å². The van der Waals surface area contributed by atoms with Crippen LogP contribution in [0.25, 0.3) is 0 Å². The molecule has 0 unspecified atom stereocenters. The molecule has 7 heteroatoms. The fourth-order valence-electron chi connectivity index (χ4n) is 2.97. The summed E-state index contributed by atoms with van der Waals surface area (Å²) in [5, 5.41) is 9.20. The van der Waals surface area contributed by atoms with Crippen molar-refractivity contribution in [1.29, 1.82) is 0 Å². The molecule has 0 saturated carbocycles. The number of amides is 1. The Morgan fingerprint density at radius 2 is 2.15 bits per heavy atom. The van der Waals surface area contributed by atoms with E-state index in [1.54, 1.807) is 18.4 Å². The Bertz CT molecular complexity index is 789. The Labute approximate surface area is 163 Å². The summed E-state index contributed by atoms with van der Waals surface area (Å²) in [5.41, 5.74) is 2.37. The number of guanidine groups is 1. The third-order valence-electron chi connectivity index (χ3n) is 4.44. The van der Waals surface area contributed by atoms with Gasteiger partial charge in [-0.2, -0.15) is 0 Å². The number of nitrogens with zero attached hydrogens (tertiary/aromatic N) is 2. The van der Waals surface area contributed by atoms with Gasteiger partial charge >= 0.3 is 0 Å². The van der Waals surface area contributed by atoms with Crippen LogP contribution in [0, 0.1) is 0 Å². The minimum Gasteiger partial charge on any atom is -0.356 e. The number of benzene rings is 1. The van der Waals surface area contributed by atoms with E-state index in [1.165, 1.54) is 10.4 Å². The molecule has 2 heterocycles. The number of carbonyl (C=O) groups excluding carboxylic acids is 1. The van der Waals surface area contributed by atoms with E-state index in [-0.39, 0.29) is 12.5 Å². The van der Waals surface area contributed by atoms with Gasteiger partial charge in [0.2, 0.25) is 5.91 Å². The second kappa shape index (κ2) is 9.05. The second-order valence-corrected chi connectivity index (χ2v) is 7.54. The second-order valence-electron chi connectivity index (χ2n) is 6.13. The van der Waals surface area contributed by atoms with Crippen molar-refractivity contribution in [3.05, 3.63) is 56.7 Å². The Hall–Kier alpha value is -2.05. The Morgan fingerprint density at radius 3 is 2.96 bits per heavy atom. The fourth-order valence-corrected chi connectivity index (χ4v) is 4.09. The molecule has 0 saturated heterocycles. The number of hydrogen-bond acceptors (Lipinski definition) is 3. The standard InChI is InChI=1S/C19H23ClN4OS/c1-21-19(22-9-6-14-4-2-3-5-16(14)20)23-12-18(25)24-10-7-17-15(13-24)8-11-26-17/h2-5,8,11H,6-7,9-10,12-13H2,1H3,(H2,21,22,23). The van der Waals surface area contributed by atoms with Crippen molar-refractivity contribution in [2.45, 2.75) is 19.4 Å². The van der Waals surface area contributed by atoms with E-state index in [1.807, 2.05) is 29.2 Å². The summed E-state index contributed by atoms with van der Waals surface area (Å²) in [5.74, 6) is 0.717. The summed E-state index contributed by atoms with van der Waals surface area (Å²) in [6.45, 7) is 2.43. The van der Waals surface area contributed by atoms with E-state index in [0.717, 1.165) is 30.0 Å². The van der Waals surface area contributed by atoms with Crippen LogP contribution in [-0.2, 0) is 24.2 Å². The van der Waals surface area contributed by atoms with E-state index in [2.05, 4.69) is 27.1 Å². The van der Waals surface area contributed by atoms with Crippen LogP contribution >= 0.6 is 22.9 Å². The van der Waals surface area contributed by atoms with Gasteiger partial charge in [-0.15, -0.1) is 11.3 Å². The van der Waals surface area contributed by atoms with E-state index < -0.39 is 0 Å². The van der Waals surface area contributed by atoms with Gasteiger partial charge in [0.05, 0.1) is 6.54 Å². The number of thiophene rings is 1. The number of fused-ring (bicyclic) bond motifs is 1. The maximum atomic E-state index is 12.5. The minimum atomic E-state index is 0.0934. The molecule has 1 aromatic heterocycles. The lowest BCUT2D eigenvalue weighted by atomic mass is 10.1. The molecular formula is C19H23ClN4OS. The van der Waals surface area contributed by atoms with Gasteiger partial charge in [-0.05, 0) is 41.5 Å². The summed E-state index contributed by atoms with van der Waals surface area (Å²) in [7, 11) is 1.70. The van der Waals surface area contributed by atoms with Gasteiger partial charge in [0.15, 0.2) is 5.96 Å². The molecule has 0 spiro atoms. The van der Waals surface area contributed by atoms with Gasteiger partial charge in [-0.3, -0.25) is 9.79 Å². The monoisotopic (exact) mass is 390 g/mol. The SMILES string of the molecule is CN=C(NCCc1ccccc1Cl)NCC(=O)N1CCc2sccc2C1. The highest BCUT2D eigenvalue weighted by Crippen LogP contribution is 2.23. The van der Waals surface area contributed by atoms with Crippen LogP contribution < -0.4 is 10.6 Å². The number of hydrogen-bond donors (Lipinski definition) is 2. The topological polar surface area (TPSA) is 56.7 Å². The van der Waals surface area contributed by atoms with Crippen molar-refractivity contribution in [2.24, 2.45) is 4.99 Å². The molecule has 2 N–H and O–H groups in total. The van der Waals surface area contributed by atoms with Gasteiger partial charge in [0, 0.05) is 36.6 Å². The molecule has 3 rings (SSSR count). The highest BCUT2D eigenvalue weighted by molar-refractivity contribution is 7.10. The van der Waals surface area contributed by atoms with Gasteiger partial charge in [-0.1, -0.05) is 29.8 Å². The zero-order valence-electron chi connectivity index (χ0n) is 14.8. The predicted octanol–water partition coefficient (Wildman–Crippen LogP) is 2.69. The molecule has 1 aliphatic rings. The summed E-state index contributed by atoms with van der Waals surface area (Å²) in [4.78, 5) is 19.9. The third kappa shape index (κ3) is 4.77. The Morgan fingerprint density at radius 1 is 1.31 bits per heavy atom. The molecule has 0 bridgehead atoms. The molecule has 138 valence electrons. The lowest BCUT2D eigenvalue weighted by molar-refractivity contribution is -0.130. The molecular weight excluding hydrogens is 368 g/mol. The Balaban J connectivity index is 1.43. The molecule has 1 amide bonds. The van der Waals surface area contributed by atoms with E-state index in [4.69, 9.17) is 11.6 Å². The number of carbonyl (C=O) groups is 1. The fraction of sp³-hybridized carbons (Fsp3) is 0.368. The van der Waals surface area contributed by atoms with E-state index in [9.17, 15) is 4.79 Å². The van der Waals surface area contributed by atoms with E-state index in [0.29, 0.717) is 19.0 Å². The first-order valence-corrected chi connectivity index (χ1v) is 9.94. The first-order chi connectivity index (χ1) is 12.7. The van der Waals surface area contributed by atoms with Crippen LogP contribution in [0.3, 0.4) is 0 Å². The number of halogens is 1. The minimum absolute atomic E-state index is 0.0934. The molecule has 26 heavy (non-hydrogen) atoms. The van der Waals surface area contributed by atoms with Crippen LogP contribution in [0.5, 0.6) is 0 Å². The highest BCUT2D eigenvalue weighted by atomic mass is 35.5.